The second-order valence-corrected chi connectivity index (χ2v) is 9.58. The summed E-state index contributed by atoms with van der Waals surface area (Å²) in [5.41, 5.74) is 1.62. The minimum Gasteiger partial charge on any atom is -0.497 e. The predicted molar refractivity (Wildman–Crippen MR) is 132 cm³/mol. The molecule has 1 aromatic heterocycles. The standard InChI is InChI=1S/C25H33N3O5S/c1-3-32-25(30)23-20-5-4-6-21(20)34-24(23)26-22(29)17-28-13-11-27(12-14-28)15-16-33-19-9-7-18(31-2)8-10-19/h7-10H,3-6,11-17H2,1-2H3,(H,26,29). The van der Waals surface area contributed by atoms with Crippen LogP contribution in [0.2, 0.25) is 0 Å². The molecule has 0 spiro atoms. The van der Waals surface area contributed by atoms with Gasteiger partial charge in [-0.1, -0.05) is 0 Å². The molecule has 184 valence electrons. The lowest BCUT2D eigenvalue weighted by Crippen LogP contribution is -2.49. The van der Waals surface area contributed by atoms with Crippen LogP contribution in [0.4, 0.5) is 5.00 Å². The van der Waals surface area contributed by atoms with Gasteiger partial charge in [0.2, 0.25) is 5.91 Å². The van der Waals surface area contributed by atoms with E-state index < -0.39 is 0 Å². The summed E-state index contributed by atoms with van der Waals surface area (Å²) >= 11 is 1.52. The molecule has 0 unspecified atom stereocenters. The quantitative estimate of drug-likeness (QED) is 0.516. The number of hydrogen-bond acceptors (Lipinski definition) is 8. The normalized spacial score (nSPS) is 16.2. The molecule has 2 heterocycles. The van der Waals surface area contributed by atoms with Gasteiger partial charge < -0.3 is 19.5 Å². The number of ether oxygens (including phenoxy) is 3. The Morgan fingerprint density at radius 1 is 1.03 bits per heavy atom. The van der Waals surface area contributed by atoms with Gasteiger partial charge in [0.15, 0.2) is 0 Å². The smallest absolute Gasteiger partial charge is 0.341 e. The summed E-state index contributed by atoms with van der Waals surface area (Å²) in [5.74, 6) is 1.23. The van der Waals surface area contributed by atoms with Crippen LogP contribution < -0.4 is 14.8 Å². The van der Waals surface area contributed by atoms with Crippen molar-refractivity contribution in [1.29, 1.82) is 0 Å². The van der Waals surface area contributed by atoms with Gasteiger partial charge in [-0.3, -0.25) is 14.6 Å². The maximum Gasteiger partial charge on any atom is 0.341 e. The number of fused-ring (bicyclic) bond motifs is 1. The first-order chi connectivity index (χ1) is 16.6. The van der Waals surface area contributed by atoms with E-state index in [1.165, 1.54) is 16.2 Å². The summed E-state index contributed by atoms with van der Waals surface area (Å²) < 4.78 is 16.2. The highest BCUT2D eigenvalue weighted by Crippen LogP contribution is 2.39. The van der Waals surface area contributed by atoms with E-state index in [1.54, 1.807) is 14.0 Å². The van der Waals surface area contributed by atoms with E-state index in [4.69, 9.17) is 14.2 Å². The van der Waals surface area contributed by atoms with Crippen molar-refractivity contribution in [2.45, 2.75) is 26.2 Å². The fourth-order valence-corrected chi connectivity index (χ4v) is 5.71. The lowest BCUT2D eigenvalue weighted by molar-refractivity contribution is -0.117. The Balaban J connectivity index is 1.21. The van der Waals surface area contributed by atoms with E-state index in [2.05, 4.69) is 15.1 Å². The number of rotatable bonds is 10. The molecule has 0 atom stereocenters. The van der Waals surface area contributed by atoms with Crippen LogP contribution >= 0.6 is 11.3 Å². The predicted octanol–water partition coefficient (Wildman–Crippen LogP) is 3.06. The van der Waals surface area contributed by atoms with E-state index >= 15 is 0 Å². The average molecular weight is 488 g/mol. The number of carbonyl (C=O) groups is 2. The van der Waals surface area contributed by atoms with Crippen LogP contribution in [-0.4, -0.2) is 81.3 Å². The monoisotopic (exact) mass is 487 g/mol. The van der Waals surface area contributed by atoms with Crippen LogP contribution in [-0.2, 0) is 22.4 Å². The molecular weight excluding hydrogens is 454 g/mol. The van der Waals surface area contributed by atoms with Crippen LogP contribution in [0.5, 0.6) is 11.5 Å². The molecular formula is C25H33N3O5S. The molecule has 1 N–H and O–H groups in total. The number of carbonyl (C=O) groups excluding carboxylic acids is 2. The summed E-state index contributed by atoms with van der Waals surface area (Å²) in [6.45, 7) is 7.33. The highest BCUT2D eigenvalue weighted by molar-refractivity contribution is 7.17. The molecule has 34 heavy (non-hydrogen) atoms. The van der Waals surface area contributed by atoms with Crippen molar-refractivity contribution >= 4 is 28.2 Å². The van der Waals surface area contributed by atoms with Crippen LogP contribution in [0.3, 0.4) is 0 Å². The molecule has 2 aliphatic rings. The van der Waals surface area contributed by atoms with Crippen molar-refractivity contribution < 1.29 is 23.8 Å². The van der Waals surface area contributed by atoms with Crippen LogP contribution in [0.1, 0.15) is 34.1 Å². The zero-order chi connectivity index (χ0) is 23.9. The second kappa shape index (κ2) is 11.7. The van der Waals surface area contributed by atoms with E-state index in [1.807, 2.05) is 24.3 Å². The van der Waals surface area contributed by atoms with E-state index in [-0.39, 0.29) is 11.9 Å². The van der Waals surface area contributed by atoms with Crippen molar-refractivity contribution in [3.63, 3.8) is 0 Å². The molecule has 9 heteroatoms. The summed E-state index contributed by atoms with van der Waals surface area (Å²) in [6, 6.07) is 7.59. The molecule has 0 saturated carbocycles. The largest absolute Gasteiger partial charge is 0.497 e. The van der Waals surface area contributed by atoms with Gasteiger partial charge >= 0.3 is 5.97 Å². The number of thiophene rings is 1. The van der Waals surface area contributed by atoms with Crippen molar-refractivity contribution in [3.8, 4) is 11.5 Å². The van der Waals surface area contributed by atoms with E-state index in [0.29, 0.717) is 30.3 Å². The number of piperazine rings is 1. The third-order valence-electron chi connectivity index (χ3n) is 6.22. The molecule has 8 nitrogen and oxygen atoms in total. The summed E-state index contributed by atoms with van der Waals surface area (Å²) in [6.07, 6.45) is 2.89. The maximum atomic E-state index is 12.8. The maximum absolute atomic E-state index is 12.8. The lowest BCUT2D eigenvalue weighted by atomic mass is 10.1. The third kappa shape index (κ3) is 6.08. The number of nitrogens with one attached hydrogen (secondary N) is 1. The number of esters is 1. The number of benzene rings is 1. The fourth-order valence-electron chi connectivity index (χ4n) is 4.42. The lowest BCUT2D eigenvalue weighted by Gasteiger charge is -2.34. The number of nitrogens with zero attached hydrogens (tertiary/aromatic N) is 2. The summed E-state index contributed by atoms with van der Waals surface area (Å²) in [5, 5.41) is 3.63. The second-order valence-electron chi connectivity index (χ2n) is 8.47. The Morgan fingerprint density at radius 2 is 1.74 bits per heavy atom. The number of hydrogen-bond donors (Lipinski definition) is 1. The van der Waals surface area contributed by atoms with Gasteiger partial charge in [0.1, 0.15) is 23.1 Å². The number of anilines is 1. The van der Waals surface area contributed by atoms with E-state index in [9.17, 15) is 9.59 Å². The minimum absolute atomic E-state index is 0.0817. The number of amides is 1. The molecule has 1 amide bonds. The molecule has 2 aromatic rings. The van der Waals surface area contributed by atoms with E-state index in [0.717, 1.165) is 69.0 Å². The molecule has 1 aliphatic carbocycles. The zero-order valence-electron chi connectivity index (χ0n) is 19.9. The van der Waals surface area contributed by atoms with Gasteiger partial charge in [0, 0.05) is 37.6 Å². The zero-order valence-corrected chi connectivity index (χ0v) is 20.7. The number of methoxy groups -OCH3 is 1. The first-order valence-electron chi connectivity index (χ1n) is 11.9. The van der Waals surface area contributed by atoms with Crippen molar-refractivity contribution in [1.82, 2.24) is 9.80 Å². The van der Waals surface area contributed by atoms with Gasteiger partial charge in [0.05, 0.1) is 25.8 Å². The number of aryl methyl sites for hydroxylation is 1. The first kappa shape index (κ1) is 24.5. The Kier molecular flexibility index (Phi) is 8.42. The molecule has 1 aliphatic heterocycles. The third-order valence-corrected chi connectivity index (χ3v) is 7.43. The first-order valence-corrected chi connectivity index (χ1v) is 12.7. The van der Waals surface area contributed by atoms with Crippen molar-refractivity contribution in [3.05, 3.63) is 40.3 Å². The van der Waals surface area contributed by atoms with Gasteiger partial charge in [-0.15, -0.1) is 11.3 Å². The van der Waals surface area contributed by atoms with Gasteiger partial charge in [-0.2, -0.15) is 0 Å². The average Bonchev–Trinajstić information content (AvgIpc) is 3.41. The molecule has 0 bridgehead atoms. The van der Waals surface area contributed by atoms with Crippen molar-refractivity contribution in [2.75, 3.05) is 64.9 Å². The SMILES string of the molecule is CCOC(=O)c1c(NC(=O)CN2CCN(CCOc3ccc(OC)cc3)CC2)sc2c1CCC2. The fraction of sp³-hybridized carbons (Fsp3) is 0.520. The summed E-state index contributed by atoms with van der Waals surface area (Å²) in [4.78, 5) is 31.0. The molecule has 0 radical (unpaired) electrons. The van der Waals surface area contributed by atoms with Crippen LogP contribution in [0.15, 0.2) is 24.3 Å². The van der Waals surface area contributed by atoms with Gasteiger partial charge in [-0.25, -0.2) is 4.79 Å². The minimum atomic E-state index is -0.331. The Labute approximate surface area is 204 Å². The van der Waals surface area contributed by atoms with Crippen LogP contribution in [0, 0.1) is 0 Å². The Hall–Kier alpha value is -2.62. The topological polar surface area (TPSA) is 80.3 Å². The molecule has 4 rings (SSSR count). The van der Waals surface area contributed by atoms with Crippen molar-refractivity contribution in [2.24, 2.45) is 0 Å². The molecule has 1 saturated heterocycles. The Bertz CT molecular complexity index is 983. The Morgan fingerprint density at radius 3 is 2.44 bits per heavy atom. The van der Waals surface area contributed by atoms with Gasteiger partial charge in [-0.05, 0) is 56.0 Å². The highest BCUT2D eigenvalue weighted by Gasteiger charge is 2.29. The summed E-state index contributed by atoms with van der Waals surface area (Å²) in [7, 11) is 1.65. The molecule has 1 aromatic carbocycles. The van der Waals surface area contributed by atoms with Gasteiger partial charge in [0.25, 0.3) is 0 Å². The highest BCUT2D eigenvalue weighted by atomic mass is 32.1. The molecule has 1 fully saturated rings. The van der Waals surface area contributed by atoms with Crippen LogP contribution in [0.25, 0.3) is 0 Å².